The number of halogens is 3. The van der Waals surface area contributed by atoms with Gasteiger partial charge in [-0.1, -0.05) is 35.0 Å². The molecule has 0 radical (unpaired) electrons. The molecule has 7 heteroatoms. The number of ether oxygens (including phenoxy) is 1. The van der Waals surface area contributed by atoms with Crippen molar-refractivity contribution in [3.8, 4) is 11.3 Å². The first kappa shape index (κ1) is 16.1. The fourth-order valence-electron chi connectivity index (χ4n) is 2.07. The highest BCUT2D eigenvalue weighted by molar-refractivity contribution is 6.33. The Balaban J connectivity index is 1.72. The third-order valence-corrected chi connectivity index (χ3v) is 3.53. The van der Waals surface area contributed by atoms with Gasteiger partial charge in [-0.05, 0) is 24.3 Å². The number of hydrogen-bond acceptors (Lipinski definition) is 4. The minimum absolute atomic E-state index is 0.0489. The van der Waals surface area contributed by atoms with Gasteiger partial charge in [-0.25, -0.2) is 13.6 Å². The molecule has 4 nitrogen and oxygen atoms in total. The van der Waals surface area contributed by atoms with Crippen LogP contribution in [0.15, 0.2) is 53.1 Å². The van der Waals surface area contributed by atoms with Gasteiger partial charge in [0.25, 0.3) is 0 Å². The van der Waals surface area contributed by atoms with Crippen molar-refractivity contribution in [2.75, 3.05) is 0 Å². The van der Waals surface area contributed by atoms with Crippen molar-refractivity contribution in [1.82, 2.24) is 5.16 Å². The Morgan fingerprint density at radius 1 is 1.12 bits per heavy atom. The highest BCUT2D eigenvalue weighted by Gasteiger charge is 2.18. The van der Waals surface area contributed by atoms with Gasteiger partial charge in [0.15, 0.2) is 5.76 Å². The third-order valence-electron chi connectivity index (χ3n) is 3.22. The number of benzene rings is 2. The summed E-state index contributed by atoms with van der Waals surface area (Å²) in [6, 6.07) is 11.3. The van der Waals surface area contributed by atoms with Crippen LogP contribution >= 0.6 is 11.6 Å². The highest BCUT2D eigenvalue weighted by Crippen LogP contribution is 2.24. The predicted octanol–water partition coefficient (Wildman–Crippen LogP) is 4.63. The van der Waals surface area contributed by atoms with Crippen LogP contribution in [0.3, 0.4) is 0 Å². The standard InChI is InChI=1S/C17H10ClF2NO3/c18-12-5-3-7-14(20)16(12)17(22)23-9-10-8-15(24-21-10)11-4-1-2-6-13(11)19/h1-8H,9H2. The molecule has 3 rings (SSSR count). The lowest BCUT2D eigenvalue weighted by Crippen LogP contribution is -2.08. The van der Waals surface area contributed by atoms with Crippen LogP contribution in [0.4, 0.5) is 8.78 Å². The lowest BCUT2D eigenvalue weighted by Gasteiger charge is -2.05. The van der Waals surface area contributed by atoms with Crippen LogP contribution in [0.25, 0.3) is 11.3 Å². The topological polar surface area (TPSA) is 52.3 Å². The molecule has 3 aromatic rings. The summed E-state index contributed by atoms with van der Waals surface area (Å²) in [7, 11) is 0. The van der Waals surface area contributed by atoms with Crippen LogP contribution in [-0.2, 0) is 11.3 Å². The van der Waals surface area contributed by atoms with Gasteiger partial charge in [0, 0.05) is 6.07 Å². The second-order valence-corrected chi connectivity index (χ2v) is 5.24. The molecule has 0 bridgehead atoms. The molecule has 1 aromatic heterocycles. The molecule has 1 heterocycles. The lowest BCUT2D eigenvalue weighted by atomic mass is 10.1. The molecule has 0 N–H and O–H groups in total. The van der Waals surface area contributed by atoms with Crippen LogP contribution < -0.4 is 0 Å². The zero-order valence-corrected chi connectivity index (χ0v) is 12.9. The Kier molecular flexibility index (Phi) is 4.57. The summed E-state index contributed by atoms with van der Waals surface area (Å²) < 4.78 is 37.3. The van der Waals surface area contributed by atoms with Crippen molar-refractivity contribution < 1.29 is 22.8 Å². The second-order valence-electron chi connectivity index (χ2n) is 4.84. The average molecular weight is 350 g/mol. The zero-order valence-electron chi connectivity index (χ0n) is 12.1. The summed E-state index contributed by atoms with van der Waals surface area (Å²) >= 11 is 5.79. The summed E-state index contributed by atoms with van der Waals surface area (Å²) in [5, 5.41) is 3.65. The van der Waals surface area contributed by atoms with E-state index in [4.69, 9.17) is 20.9 Å². The Labute approximate surface area is 140 Å². The Hall–Kier alpha value is -2.73. The quantitative estimate of drug-likeness (QED) is 0.644. The average Bonchev–Trinajstić information content (AvgIpc) is 3.02. The van der Waals surface area contributed by atoms with Crippen molar-refractivity contribution >= 4 is 17.6 Å². The molecule has 0 saturated carbocycles. The Morgan fingerprint density at radius 3 is 2.62 bits per heavy atom. The van der Waals surface area contributed by atoms with Gasteiger partial charge >= 0.3 is 5.97 Å². The van der Waals surface area contributed by atoms with Gasteiger partial charge in [0.2, 0.25) is 0 Å². The number of carbonyl (C=O) groups excluding carboxylic acids is 1. The van der Waals surface area contributed by atoms with Gasteiger partial charge in [-0.15, -0.1) is 0 Å². The van der Waals surface area contributed by atoms with Crippen molar-refractivity contribution in [3.63, 3.8) is 0 Å². The molecular formula is C17H10ClF2NO3. The molecule has 0 aliphatic rings. The van der Waals surface area contributed by atoms with Crippen molar-refractivity contribution in [1.29, 1.82) is 0 Å². The molecule has 0 unspecified atom stereocenters. The SMILES string of the molecule is O=C(OCc1cc(-c2ccccc2F)on1)c1c(F)cccc1Cl. The van der Waals surface area contributed by atoms with Crippen LogP contribution in [-0.4, -0.2) is 11.1 Å². The van der Waals surface area contributed by atoms with Gasteiger partial charge in [0.05, 0.1) is 10.6 Å². The largest absolute Gasteiger partial charge is 0.455 e. The molecule has 0 atom stereocenters. The smallest absolute Gasteiger partial charge is 0.343 e. The normalized spacial score (nSPS) is 10.6. The number of hydrogen-bond donors (Lipinski definition) is 0. The van der Waals surface area contributed by atoms with E-state index in [0.717, 1.165) is 6.07 Å². The summed E-state index contributed by atoms with van der Waals surface area (Å²) in [6.45, 7) is -0.262. The minimum atomic E-state index is -0.923. The number of rotatable bonds is 4. The molecule has 0 spiro atoms. The molecular weight excluding hydrogens is 340 g/mol. The van der Waals surface area contributed by atoms with E-state index in [1.807, 2.05) is 0 Å². The summed E-state index contributed by atoms with van der Waals surface area (Å²) in [4.78, 5) is 11.9. The fraction of sp³-hybridized carbons (Fsp3) is 0.0588. The van der Waals surface area contributed by atoms with Crippen LogP contribution in [0.1, 0.15) is 16.1 Å². The van der Waals surface area contributed by atoms with Gasteiger partial charge < -0.3 is 9.26 Å². The molecule has 0 aliphatic carbocycles. The van der Waals surface area contributed by atoms with Crippen LogP contribution in [0.2, 0.25) is 5.02 Å². The number of aromatic nitrogens is 1. The van der Waals surface area contributed by atoms with E-state index in [-0.39, 0.29) is 34.2 Å². The van der Waals surface area contributed by atoms with E-state index in [1.165, 1.54) is 30.3 Å². The maximum atomic E-state index is 13.7. The molecule has 0 fully saturated rings. The molecule has 24 heavy (non-hydrogen) atoms. The first-order valence-electron chi connectivity index (χ1n) is 6.88. The predicted molar refractivity (Wildman–Crippen MR) is 82.4 cm³/mol. The van der Waals surface area contributed by atoms with E-state index in [0.29, 0.717) is 0 Å². The number of esters is 1. The van der Waals surface area contributed by atoms with E-state index >= 15 is 0 Å². The maximum absolute atomic E-state index is 13.7. The Bertz CT molecular complexity index is 875. The van der Waals surface area contributed by atoms with Crippen molar-refractivity contribution in [2.45, 2.75) is 6.61 Å². The van der Waals surface area contributed by atoms with E-state index in [2.05, 4.69) is 5.16 Å². The third kappa shape index (κ3) is 3.28. The Morgan fingerprint density at radius 2 is 1.88 bits per heavy atom. The number of nitrogens with zero attached hydrogens (tertiary/aromatic N) is 1. The second kappa shape index (κ2) is 6.80. The van der Waals surface area contributed by atoms with Crippen LogP contribution in [0, 0.1) is 11.6 Å². The monoisotopic (exact) mass is 349 g/mol. The first-order valence-corrected chi connectivity index (χ1v) is 7.25. The highest BCUT2D eigenvalue weighted by atomic mass is 35.5. The molecule has 0 aliphatic heterocycles. The molecule has 0 saturated heterocycles. The van der Waals surface area contributed by atoms with Crippen molar-refractivity contribution in [3.05, 3.63) is 76.4 Å². The van der Waals surface area contributed by atoms with Crippen molar-refractivity contribution in [2.24, 2.45) is 0 Å². The van der Waals surface area contributed by atoms with E-state index < -0.39 is 17.6 Å². The van der Waals surface area contributed by atoms with E-state index in [1.54, 1.807) is 12.1 Å². The minimum Gasteiger partial charge on any atom is -0.455 e. The summed E-state index contributed by atoms with van der Waals surface area (Å²) in [5.74, 6) is -1.97. The molecule has 122 valence electrons. The molecule has 2 aromatic carbocycles. The van der Waals surface area contributed by atoms with E-state index in [9.17, 15) is 13.6 Å². The summed E-state index contributed by atoms with van der Waals surface area (Å²) in [5.41, 5.74) is 0.144. The maximum Gasteiger partial charge on any atom is 0.343 e. The fourth-order valence-corrected chi connectivity index (χ4v) is 2.31. The first-order chi connectivity index (χ1) is 11.6. The van der Waals surface area contributed by atoms with Crippen LogP contribution in [0.5, 0.6) is 0 Å². The van der Waals surface area contributed by atoms with Gasteiger partial charge in [-0.3, -0.25) is 0 Å². The van der Waals surface area contributed by atoms with Gasteiger partial charge in [-0.2, -0.15) is 0 Å². The zero-order chi connectivity index (χ0) is 17.1. The number of carbonyl (C=O) groups is 1. The lowest BCUT2D eigenvalue weighted by molar-refractivity contribution is 0.0459. The summed E-state index contributed by atoms with van der Waals surface area (Å²) in [6.07, 6.45) is 0. The molecule has 0 amide bonds. The van der Waals surface area contributed by atoms with Gasteiger partial charge in [0.1, 0.15) is 29.5 Å².